The van der Waals surface area contributed by atoms with Crippen molar-refractivity contribution in [1.29, 1.82) is 0 Å². The lowest BCUT2D eigenvalue weighted by atomic mass is 10.1. The molecule has 0 unspecified atom stereocenters. The van der Waals surface area contributed by atoms with Crippen LogP contribution >= 0.6 is 11.6 Å². The molecule has 2 aromatic heterocycles. The monoisotopic (exact) mass is 438 g/mol. The molecule has 1 aromatic carbocycles. The average Bonchev–Trinajstić information content (AvgIpc) is 3.16. The first kappa shape index (κ1) is 21.5. The highest BCUT2D eigenvalue weighted by Crippen LogP contribution is 2.30. The van der Waals surface area contributed by atoms with Crippen LogP contribution < -0.4 is 5.32 Å². The van der Waals surface area contributed by atoms with Crippen LogP contribution in [0.5, 0.6) is 0 Å². The molecule has 30 heavy (non-hydrogen) atoms. The van der Waals surface area contributed by atoms with Crippen molar-refractivity contribution in [2.45, 2.75) is 19.7 Å². The number of hydrogen-bond donors (Lipinski definition) is 2. The van der Waals surface area contributed by atoms with E-state index in [4.69, 9.17) is 21.1 Å². The fourth-order valence-electron chi connectivity index (χ4n) is 2.47. The fourth-order valence-corrected chi connectivity index (χ4v) is 2.78. The summed E-state index contributed by atoms with van der Waals surface area (Å²) in [6, 6.07) is 5.60. The molecule has 7 nitrogen and oxygen atoms in total. The molecule has 0 bridgehead atoms. The lowest BCUT2D eigenvalue weighted by molar-refractivity contribution is -0.137. The summed E-state index contributed by atoms with van der Waals surface area (Å²) in [5.74, 6) is -0.387. The quantitative estimate of drug-likeness (QED) is 0.575. The topological polar surface area (TPSA) is 101 Å². The molecule has 0 aliphatic heterocycles. The third-order valence-corrected chi connectivity index (χ3v) is 4.18. The zero-order valence-corrected chi connectivity index (χ0v) is 16.1. The molecule has 156 valence electrons. The normalized spacial score (nSPS) is 12.1. The number of aliphatic hydroxyl groups is 1. The van der Waals surface area contributed by atoms with Gasteiger partial charge in [0.1, 0.15) is 6.61 Å². The molecule has 11 heteroatoms. The molecule has 0 saturated heterocycles. The predicted molar refractivity (Wildman–Crippen MR) is 102 cm³/mol. The van der Waals surface area contributed by atoms with Crippen LogP contribution in [0.2, 0.25) is 5.02 Å². The van der Waals surface area contributed by atoms with Crippen LogP contribution in [0.25, 0.3) is 17.0 Å². The van der Waals surface area contributed by atoms with Crippen LogP contribution in [0.15, 0.2) is 47.0 Å². The maximum atomic E-state index is 12.6. The van der Waals surface area contributed by atoms with Crippen LogP contribution in [-0.4, -0.2) is 26.2 Å². The number of nitrogens with zero attached hydrogens (tertiary/aromatic N) is 3. The van der Waals surface area contributed by atoms with Gasteiger partial charge in [-0.05, 0) is 42.8 Å². The minimum atomic E-state index is -4.45. The maximum Gasteiger partial charge on any atom is 0.416 e. The first-order valence-corrected chi connectivity index (χ1v) is 8.81. The number of aromatic nitrogens is 3. The number of aliphatic hydroxyl groups excluding tert-OH is 1. The van der Waals surface area contributed by atoms with E-state index in [2.05, 4.69) is 20.5 Å². The Bertz CT molecular complexity index is 1100. The molecule has 0 atom stereocenters. The highest BCUT2D eigenvalue weighted by atomic mass is 35.5. The molecule has 0 spiro atoms. The van der Waals surface area contributed by atoms with Gasteiger partial charge in [0.2, 0.25) is 17.7 Å². The molecule has 2 N–H and O–H groups in total. The van der Waals surface area contributed by atoms with Gasteiger partial charge >= 0.3 is 6.18 Å². The summed E-state index contributed by atoms with van der Waals surface area (Å²) in [5, 5.41) is 19.1. The molecular formula is C19H14ClF3N4O3. The summed E-state index contributed by atoms with van der Waals surface area (Å²) in [7, 11) is 0. The molecule has 2 heterocycles. The zero-order chi connectivity index (χ0) is 21.9. The molecule has 3 aromatic rings. The second-order valence-electron chi connectivity index (χ2n) is 6.11. The Morgan fingerprint density at radius 3 is 2.53 bits per heavy atom. The van der Waals surface area contributed by atoms with Gasteiger partial charge in [-0.3, -0.25) is 9.78 Å². The Hall–Kier alpha value is -3.24. The van der Waals surface area contributed by atoms with E-state index in [-0.39, 0.29) is 22.5 Å². The van der Waals surface area contributed by atoms with E-state index in [0.29, 0.717) is 16.8 Å². The predicted octanol–water partition coefficient (Wildman–Crippen LogP) is 4.34. The van der Waals surface area contributed by atoms with Crippen LogP contribution in [0.4, 0.5) is 18.9 Å². The molecule has 0 fully saturated rings. The van der Waals surface area contributed by atoms with E-state index in [1.807, 2.05) is 0 Å². The lowest BCUT2D eigenvalue weighted by Gasteiger charge is -2.08. The van der Waals surface area contributed by atoms with Crippen LogP contribution in [0.1, 0.15) is 24.1 Å². The standard InChI is InChI=1S/C19H14ClF3N4O3/c1-10(6-15(29)25-13-4-2-12(3-5-13)19(21,22)23)17-14(20)7-11(8-24-17)18-27-26-16(9-28)30-18/h2-8,28H,9H2,1H3,(H,25,29)/b10-6+. The Labute approximate surface area is 173 Å². The highest BCUT2D eigenvalue weighted by Gasteiger charge is 2.29. The maximum absolute atomic E-state index is 12.6. The van der Waals surface area contributed by atoms with Crippen molar-refractivity contribution in [2.24, 2.45) is 0 Å². The number of benzene rings is 1. The smallest absolute Gasteiger partial charge is 0.416 e. The van der Waals surface area contributed by atoms with Gasteiger partial charge in [0.25, 0.3) is 0 Å². The van der Waals surface area contributed by atoms with Crippen molar-refractivity contribution >= 4 is 28.8 Å². The van der Waals surface area contributed by atoms with Crippen molar-refractivity contribution < 1.29 is 27.5 Å². The largest absolute Gasteiger partial charge is 0.418 e. The van der Waals surface area contributed by atoms with Crippen LogP contribution in [-0.2, 0) is 17.6 Å². The highest BCUT2D eigenvalue weighted by molar-refractivity contribution is 6.32. The van der Waals surface area contributed by atoms with Crippen molar-refractivity contribution in [2.75, 3.05) is 5.32 Å². The van der Waals surface area contributed by atoms with Crippen molar-refractivity contribution in [3.8, 4) is 11.5 Å². The van der Waals surface area contributed by atoms with E-state index < -0.39 is 24.3 Å². The summed E-state index contributed by atoms with van der Waals surface area (Å²) in [5.41, 5.74) is 0.582. The summed E-state index contributed by atoms with van der Waals surface area (Å²) < 4.78 is 43.0. The van der Waals surface area contributed by atoms with Crippen molar-refractivity contribution in [3.05, 3.63) is 64.8 Å². The molecule has 3 rings (SSSR count). The second-order valence-corrected chi connectivity index (χ2v) is 6.51. The summed E-state index contributed by atoms with van der Waals surface area (Å²) in [4.78, 5) is 16.4. The van der Waals surface area contributed by atoms with Crippen molar-refractivity contribution in [1.82, 2.24) is 15.2 Å². The number of alkyl halides is 3. The zero-order valence-electron chi connectivity index (χ0n) is 15.4. The molecule has 1 amide bonds. The van der Waals surface area contributed by atoms with E-state index in [1.54, 1.807) is 6.92 Å². The van der Waals surface area contributed by atoms with Crippen LogP contribution in [0.3, 0.4) is 0 Å². The fraction of sp³-hybridized carbons (Fsp3) is 0.158. The van der Waals surface area contributed by atoms with Crippen LogP contribution in [0, 0.1) is 0 Å². The molecule has 0 aliphatic carbocycles. The van der Waals surface area contributed by atoms with Gasteiger partial charge in [0.15, 0.2) is 0 Å². The Balaban J connectivity index is 1.73. The molecular weight excluding hydrogens is 425 g/mol. The van der Waals surface area contributed by atoms with Crippen molar-refractivity contribution in [3.63, 3.8) is 0 Å². The van der Waals surface area contributed by atoms with E-state index >= 15 is 0 Å². The lowest BCUT2D eigenvalue weighted by Crippen LogP contribution is -2.10. The number of pyridine rings is 1. The summed E-state index contributed by atoms with van der Waals surface area (Å²) in [6.07, 6.45) is -1.81. The van der Waals surface area contributed by atoms with Gasteiger partial charge in [-0.15, -0.1) is 10.2 Å². The summed E-state index contributed by atoms with van der Waals surface area (Å²) >= 11 is 6.24. The summed E-state index contributed by atoms with van der Waals surface area (Å²) in [6.45, 7) is 1.21. The SMILES string of the molecule is C/C(=C\C(=O)Nc1ccc(C(F)(F)F)cc1)c1ncc(-c2nnc(CO)o2)cc1Cl. The second kappa shape index (κ2) is 8.64. The Kier molecular flexibility index (Phi) is 6.18. The number of anilines is 1. The van der Waals surface area contributed by atoms with Gasteiger partial charge in [0, 0.05) is 18.0 Å². The number of rotatable bonds is 5. The molecule has 0 aliphatic rings. The Morgan fingerprint density at radius 1 is 1.27 bits per heavy atom. The number of carbonyl (C=O) groups excluding carboxylic acids is 1. The minimum absolute atomic E-state index is 0.0428. The molecule has 0 radical (unpaired) electrons. The van der Waals surface area contributed by atoms with E-state index in [9.17, 15) is 18.0 Å². The van der Waals surface area contributed by atoms with Gasteiger partial charge in [-0.2, -0.15) is 13.2 Å². The third-order valence-electron chi connectivity index (χ3n) is 3.89. The Morgan fingerprint density at radius 2 is 1.97 bits per heavy atom. The first-order valence-electron chi connectivity index (χ1n) is 8.43. The number of hydrogen-bond acceptors (Lipinski definition) is 6. The number of allylic oxidation sites excluding steroid dienone is 1. The minimum Gasteiger partial charge on any atom is -0.418 e. The van der Waals surface area contributed by atoms with Gasteiger partial charge < -0.3 is 14.8 Å². The average molecular weight is 439 g/mol. The third kappa shape index (κ3) is 5.02. The number of halogens is 4. The number of nitrogens with one attached hydrogen (secondary N) is 1. The molecule has 0 saturated carbocycles. The van der Waals surface area contributed by atoms with Gasteiger partial charge in [-0.25, -0.2) is 0 Å². The number of amides is 1. The van der Waals surface area contributed by atoms with E-state index in [0.717, 1.165) is 24.3 Å². The first-order chi connectivity index (χ1) is 14.2. The number of carbonyl (C=O) groups is 1. The van der Waals surface area contributed by atoms with E-state index in [1.165, 1.54) is 18.3 Å². The van der Waals surface area contributed by atoms with Gasteiger partial charge in [-0.1, -0.05) is 11.6 Å². The van der Waals surface area contributed by atoms with Gasteiger partial charge in [0.05, 0.1) is 21.8 Å².